The first-order valence-electron chi connectivity index (χ1n) is 7.76. The molecular weight excluding hydrogens is 280 g/mol. The Hall–Kier alpha value is -1.62. The van der Waals surface area contributed by atoms with Gasteiger partial charge in [0.25, 0.3) is 0 Å². The van der Waals surface area contributed by atoms with E-state index in [4.69, 9.17) is 9.47 Å². The van der Waals surface area contributed by atoms with Crippen LogP contribution in [0.1, 0.15) is 44.1 Å². The number of amides is 1. The third-order valence-electron chi connectivity index (χ3n) is 3.42. The molecule has 0 N–H and O–H groups in total. The molecular formula is C17H26N2O3. The van der Waals surface area contributed by atoms with Crippen LogP contribution in [0.15, 0.2) is 12.1 Å². The van der Waals surface area contributed by atoms with Crippen LogP contribution in [-0.4, -0.2) is 40.8 Å². The molecule has 1 amide bonds. The summed E-state index contributed by atoms with van der Waals surface area (Å²) in [6.07, 6.45) is 0.665. The number of aryl methyl sites for hydroxylation is 2. The molecule has 2 rings (SSSR count). The number of likely N-dealkylation sites (tertiary alicyclic amines) is 1. The quantitative estimate of drug-likeness (QED) is 0.860. The van der Waals surface area contributed by atoms with Crippen molar-refractivity contribution in [3.8, 4) is 0 Å². The summed E-state index contributed by atoms with van der Waals surface area (Å²) in [5.41, 5.74) is 2.67. The van der Waals surface area contributed by atoms with Crippen LogP contribution in [0, 0.1) is 13.8 Å². The number of rotatable bonds is 3. The highest BCUT2D eigenvalue weighted by Gasteiger charge is 2.30. The minimum absolute atomic E-state index is 0.0706. The third kappa shape index (κ3) is 4.98. The summed E-state index contributed by atoms with van der Waals surface area (Å²) in [7, 11) is 0. The van der Waals surface area contributed by atoms with Crippen molar-refractivity contribution < 1.29 is 14.3 Å². The Bertz CT molecular complexity index is 517. The van der Waals surface area contributed by atoms with Crippen molar-refractivity contribution in [3.05, 3.63) is 29.1 Å². The fourth-order valence-corrected chi connectivity index (χ4v) is 2.57. The molecule has 122 valence electrons. The molecule has 22 heavy (non-hydrogen) atoms. The van der Waals surface area contributed by atoms with E-state index in [9.17, 15) is 4.79 Å². The Balaban J connectivity index is 1.82. The first kappa shape index (κ1) is 16.7. The van der Waals surface area contributed by atoms with E-state index in [-0.39, 0.29) is 12.2 Å². The molecule has 1 atom stereocenters. The SMILES string of the molecule is Cc1cc(COC2CCN(C(=O)OC(C)(C)C)C2)cc(C)n1. The van der Waals surface area contributed by atoms with Crippen molar-refractivity contribution in [2.45, 2.75) is 59.4 Å². The topological polar surface area (TPSA) is 51.7 Å². The lowest BCUT2D eigenvalue weighted by atomic mass is 10.2. The molecule has 1 fully saturated rings. The maximum atomic E-state index is 12.0. The van der Waals surface area contributed by atoms with Gasteiger partial charge in [-0.25, -0.2) is 4.79 Å². The fraction of sp³-hybridized carbons (Fsp3) is 0.647. The Labute approximate surface area is 132 Å². The Morgan fingerprint density at radius 1 is 1.32 bits per heavy atom. The van der Waals surface area contributed by atoms with Gasteiger partial charge in [-0.2, -0.15) is 0 Å². The highest BCUT2D eigenvalue weighted by Crippen LogP contribution is 2.18. The zero-order valence-electron chi connectivity index (χ0n) is 14.2. The molecule has 1 aromatic heterocycles. The first-order valence-corrected chi connectivity index (χ1v) is 7.76. The third-order valence-corrected chi connectivity index (χ3v) is 3.42. The molecule has 1 aliphatic heterocycles. The molecule has 1 aliphatic rings. The zero-order valence-corrected chi connectivity index (χ0v) is 14.2. The van der Waals surface area contributed by atoms with Gasteiger partial charge in [0.05, 0.1) is 19.3 Å². The van der Waals surface area contributed by atoms with Gasteiger partial charge >= 0.3 is 6.09 Å². The largest absolute Gasteiger partial charge is 0.444 e. The minimum Gasteiger partial charge on any atom is -0.444 e. The molecule has 5 nitrogen and oxygen atoms in total. The van der Waals surface area contributed by atoms with Crippen LogP contribution in [0.25, 0.3) is 0 Å². The van der Waals surface area contributed by atoms with Crippen LogP contribution in [0.3, 0.4) is 0 Å². The van der Waals surface area contributed by atoms with Crippen molar-refractivity contribution in [2.24, 2.45) is 0 Å². The number of carbonyl (C=O) groups excluding carboxylic acids is 1. The molecule has 5 heteroatoms. The van der Waals surface area contributed by atoms with Crippen LogP contribution in [-0.2, 0) is 16.1 Å². The minimum atomic E-state index is -0.456. The summed E-state index contributed by atoms with van der Waals surface area (Å²) in [5.74, 6) is 0. The Morgan fingerprint density at radius 2 is 1.95 bits per heavy atom. The van der Waals surface area contributed by atoms with E-state index in [2.05, 4.69) is 4.98 Å². The van der Waals surface area contributed by atoms with Gasteiger partial charge in [-0.05, 0) is 58.7 Å². The summed E-state index contributed by atoms with van der Waals surface area (Å²) < 4.78 is 11.3. The van der Waals surface area contributed by atoms with Crippen LogP contribution < -0.4 is 0 Å². The number of ether oxygens (including phenoxy) is 2. The number of carbonyl (C=O) groups is 1. The maximum Gasteiger partial charge on any atom is 0.410 e. The summed E-state index contributed by atoms with van der Waals surface area (Å²) in [5, 5.41) is 0. The summed E-state index contributed by atoms with van der Waals surface area (Å²) in [4.78, 5) is 18.1. The second-order valence-electron chi connectivity index (χ2n) is 6.91. The van der Waals surface area contributed by atoms with Crippen LogP contribution >= 0.6 is 0 Å². The zero-order chi connectivity index (χ0) is 16.3. The van der Waals surface area contributed by atoms with Crippen molar-refractivity contribution in [2.75, 3.05) is 13.1 Å². The van der Waals surface area contributed by atoms with Crippen LogP contribution in [0.5, 0.6) is 0 Å². The molecule has 1 aromatic rings. The van der Waals surface area contributed by atoms with Gasteiger partial charge < -0.3 is 14.4 Å². The fourth-order valence-electron chi connectivity index (χ4n) is 2.57. The monoisotopic (exact) mass is 306 g/mol. The molecule has 0 aliphatic carbocycles. The Morgan fingerprint density at radius 3 is 2.55 bits per heavy atom. The van der Waals surface area contributed by atoms with E-state index in [0.29, 0.717) is 19.7 Å². The van der Waals surface area contributed by atoms with E-state index in [1.807, 2.05) is 46.8 Å². The van der Waals surface area contributed by atoms with Crippen LogP contribution in [0.2, 0.25) is 0 Å². The molecule has 0 radical (unpaired) electrons. The summed E-state index contributed by atoms with van der Waals surface area (Å²) >= 11 is 0. The molecule has 0 saturated carbocycles. The number of aromatic nitrogens is 1. The van der Waals surface area contributed by atoms with Crippen LogP contribution in [0.4, 0.5) is 4.79 Å². The first-order chi connectivity index (χ1) is 10.2. The smallest absolute Gasteiger partial charge is 0.410 e. The standard InChI is InChI=1S/C17H26N2O3/c1-12-8-14(9-13(2)18-12)11-21-15-6-7-19(10-15)16(20)22-17(3,4)5/h8-9,15H,6-7,10-11H2,1-5H3. The lowest BCUT2D eigenvalue weighted by Gasteiger charge is -2.24. The molecule has 0 spiro atoms. The second-order valence-corrected chi connectivity index (χ2v) is 6.91. The number of pyridine rings is 1. The molecule has 1 saturated heterocycles. The predicted molar refractivity (Wildman–Crippen MR) is 84.7 cm³/mol. The van der Waals surface area contributed by atoms with E-state index in [1.54, 1.807) is 4.90 Å². The second kappa shape index (κ2) is 6.65. The highest BCUT2D eigenvalue weighted by molar-refractivity contribution is 5.68. The maximum absolute atomic E-state index is 12.0. The Kier molecular flexibility index (Phi) is 5.06. The number of hydrogen-bond acceptors (Lipinski definition) is 4. The van der Waals surface area contributed by atoms with Crippen molar-refractivity contribution in [3.63, 3.8) is 0 Å². The van der Waals surface area contributed by atoms with Crippen molar-refractivity contribution >= 4 is 6.09 Å². The van der Waals surface area contributed by atoms with Gasteiger partial charge in [0.2, 0.25) is 0 Å². The summed E-state index contributed by atoms with van der Waals surface area (Å²) in [6.45, 7) is 11.4. The average molecular weight is 306 g/mol. The number of hydrogen-bond donors (Lipinski definition) is 0. The van der Waals surface area contributed by atoms with E-state index < -0.39 is 5.60 Å². The molecule has 2 heterocycles. The van der Waals surface area contributed by atoms with E-state index in [1.165, 1.54) is 0 Å². The van der Waals surface area contributed by atoms with Gasteiger partial charge in [-0.15, -0.1) is 0 Å². The normalized spacial score (nSPS) is 18.6. The van der Waals surface area contributed by atoms with Gasteiger partial charge in [0.15, 0.2) is 0 Å². The van der Waals surface area contributed by atoms with Gasteiger partial charge in [0, 0.05) is 17.9 Å². The van der Waals surface area contributed by atoms with Gasteiger partial charge in [0.1, 0.15) is 5.60 Å². The van der Waals surface area contributed by atoms with Crippen molar-refractivity contribution in [1.82, 2.24) is 9.88 Å². The van der Waals surface area contributed by atoms with Gasteiger partial charge in [-0.1, -0.05) is 0 Å². The lowest BCUT2D eigenvalue weighted by Crippen LogP contribution is -2.36. The lowest BCUT2D eigenvalue weighted by molar-refractivity contribution is 0.0184. The predicted octanol–water partition coefficient (Wildman–Crippen LogP) is 3.22. The molecule has 1 unspecified atom stereocenters. The van der Waals surface area contributed by atoms with E-state index in [0.717, 1.165) is 23.4 Å². The van der Waals surface area contributed by atoms with Gasteiger partial charge in [-0.3, -0.25) is 4.98 Å². The van der Waals surface area contributed by atoms with E-state index >= 15 is 0 Å². The summed E-state index contributed by atoms with van der Waals surface area (Å²) in [6, 6.07) is 4.07. The number of nitrogens with zero attached hydrogens (tertiary/aromatic N) is 2. The average Bonchev–Trinajstić information content (AvgIpc) is 2.82. The molecule has 0 bridgehead atoms. The highest BCUT2D eigenvalue weighted by atomic mass is 16.6. The molecule has 0 aromatic carbocycles. The van der Waals surface area contributed by atoms with Crippen molar-refractivity contribution in [1.29, 1.82) is 0 Å².